The number of hydrogen-bond donors (Lipinski definition) is 2. The van der Waals surface area contributed by atoms with Crippen molar-refractivity contribution in [2.24, 2.45) is 15.1 Å². The summed E-state index contributed by atoms with van der Waals surface area (Å²) in [5.74, 6) is 0.0837. The normalized spacial score (nSPS) is 11.9. The van der Waals surface area contributed by atoms with E-state index in [-0.39, 0.29) is 36.2 Å². The van der Waals surface area contributed by atoms with Crippen LogP contribution in [0.4, 0.5) is 5.69 Å². The number of guanidine groups is 1. The van der Waals surface area contributed by atoms with Gasteiger partial charge in [0.1, 0.15) is 18.8 Å². The molecule has 0 aliphatic rings. The van der Waals surface area contributed by atoms with Gasteiger partial charge in [0, 0.05) is 19.5 Å². The standard InChI is InChI=1S/C24H32N6O7S/c1-16-8-7-9-20(14-16)38(33,34)29-21-11-10-17(2)30(23(21)32)15-22(31)25-12-13-37-28-24(26-18(3)35-5)27-19(4)36-6/h7-11,14,29H,12-13,15H2,1-6H3,(H,25,31)/b26-18+,27-19+. The lowest BCUT2D eigenvalue weighted by atomic mass is 10.2. The van der Waals surface area contributed by atoms with Gasteiger partial charge in [-0.25, -0.2) is 8.42 Å². The van der Waals surface area contributed by atoms with Gasteiger partial charge in [-0.1, -0.05) is 12.1 Å². The number of carbonyl (C=O) groups is 1. The number of benzene rings is 1. The molecule has 0 bridgehead atoms. The number of sulfonamides is 1. The van der Waals surface area contributed by atoms with Gasteiger partial charge >= 0.3 is 0 Å². The lowest BCUT2D eigenvalue weighted by molar-refractivity contribution is -0.122. The van der Waals surface area contributed by atoms with Gasteiger partial charge in [0.2, 0.25) is 5.91 Å². The highest BCUT2D eigenvalue weighted by Gasteiger charge is 2.18. The number of nitrogens with zero attached hydrogens (tertiary/aromatic N) is 4. The molecule has 0 unspecified atom stereocenters. The third kappa shape index (κ3) is 9.03. The zero-order chi connectivity index (χ0) is 28.3. The summed E-state index contributed by atoms with van der Waals surface area (Å²) < 4.78 is 38.9. The van der Waals surface area contributed by atoms with Gasteiger partial charge in [0.05, 0.1) is 25.7 Å². The summed E-state index contributed by atoms with van der Waals surface area (Å²) in [6.07, 6.45) is 0. The number of oxime groups is 1. The van der Waals surface area contributed by atoms with Crippen molar-refractivity contribution in [3.63, 3.8) is 0 Å². The highest BCUT2D eigenvalue weighted by Crippen LogP contribution is 2.15. The van der Waals surface area contributed by atoms with E-state index < -0.39 is 21.5 Å². The molecule has 0 saturated heterocycles. The van der Waals surface area contributed by atoms with Crippen molar-refractivity contribution in [2.45, 2.75) is 39.1 Å². The van der Waals surface area contributed by atoms with Gasteiger partial charge in [-0.05, 0) is 48.8 Å². The first-order chi connectivity index (χ1) is 18.0. The highest BCUT2D eigenvalue weighted by atomic mass is 32.2. The Morgan fingerprint density at radius 2 is 1.68 bits per heavy atom. The monoisotopic (exact) mass is 548 g/mol. The van der Waals surface area contributed by atoms with E-state index in [9.17, 15) is 18.0 Å². The van der Waals surface area contributed by atoms with E-state index in [0.29, 0.717) is 17.5 Å². The number of methoxy groups -OCH3 is 2. The average Bonchev–Trinajstić information content (AvgIpc) is 2.87. The highest BCUT2D eigenvalue weighted by molar-refractivity contribution is 7.92. The van der Waals surface area contributed by atoms with Crippen LogP contribution in [0.15, 0.2) is 61.2 Å². The smallest absolute Gasteiger partial charge is 0.291 e. The van der Waals surface area contributed by atoms with Crippen molar-refractivity contribution in [3.05, 3.63) is 58.0 Å². The van der Waals surface area contributed by atoms with Crippen LogP contribution in [0.2, 0.25) is 0 Å². The first kappa shape index (κ1) is 30.0. The van der Waals surface area contributed by atoms with Gasteiger partial charge < -0.3 is 24.2 Å². The number of carbonyl (C=O) groups excluding carboxylic acids is 1. The van der Waals surface area contributed by atoms with Crippen LogP contribution in [0.3, 0.4) is 0 Å². The molecule has 14 heteroatoms. The number of nitrogens with one attached hydrogen (secondary N) is 2. The predicted octanol–water partition coefficient (Wildman–Crippen LogP) is 1.80. The fourth-order valence-electron chi connectivity index (χ4n) is 2.91. The van der Waals surface area contributed by atoms with Crippen LogP contribution in [0, 0.1) is 13.8 Å². The van der Waals surface area contributed by atoms with E-state index in [0.717, 1.165) is 5.56 Å². The van der Waals surface area contributed by atoms with E-state index in [1.165, 1.54) is 37.0 Å². The lowest BCUT2D eigenvalue weighted by Gasteiger charge is -2.13. The second-order valence-electron chi connectivity index (χ2n) is 7.95. The zero-order valence-electron chi connectivity index (χ0n) is 22.1. The summed E-state index contributed by atoms with van der Waals surface area (Å²) in [4.78, 5) is 38.6. The summed E-state index contributed by atoms with van der Waals surface area (Å²) in [6.45, 7) is 6.36. The first-order valence-electron chi connectivity index (χ1n) is 11.4. The van der Waals surface area contributed by atoms with Crippen molar-refractivity contribution in [3.8, 4) is 0 Å². The number of aryl methyl sites for hydroxylation is 2. The molecule has 0 spiro atoms. The van der Waals surface area contributed by atoms with Crippen molar-refractivity contribution < 1.29 is 27.5 Å². The van der Waals surface area contributed by atoms with Crippen molar-refractivity contribution in [1.82, 2.24) is 9.88 Å². The molecule has 13 nitrogen and oxygen atoms in total. The molecule has 0 aliphatic carbocycles. The SMILES string of the molecule is CO/C(C)=N/C(=NOCCNC(=O)Cn1c(C)ccc(NS(=O)(=O)c2cccc(C)c2)c1=O)/N=C(\C)OC. The summed E-state index contributed by atoms with van der Waals surface area (Å²) in [6, 6.07) is 9.21. The Morgan fingerprint density at radius 1 is 1.03 bits per heavy atom. The minimum atomic E-state index is -3.99. The fraction of sp³-hybridized carbons (Fsp3) is 0.375. The van der Waals surface area contributed by atoms with Gasteiger partial charge in [0.25, 0.3) is 21.5 Å². The number of pyridine rings is 1. The van der Waals surface area contributed by atoms with Crippen LogP contribution in [-0.2, 0) is 35.7 Å². The third-order valence-corrected chi connectivity index (χ3v) is 6.37. The summed E-state index contributed by atoms with van der Waals surface area (Å²) in [5.41, 5.74) is 0.410. The Balaban J connectivity index is 2.03. The molecular weight excluding hydrogens is 516 g/mol. The summed E-state index contributed by atoms with van der Waals surface area (Å²) in [7, 11) is -1.10. The van der Waals surface area contributed by atoms with Gasteiger partial charge in [-0.3, -0.25) is 14.3 Å². The molecule has 2 rings (SSSR count). The van der Waals surface area contributed by atoms with Crippen LogP contribution < -0.4 is 15.6 Å². The van der Waals surface area contributed by atoms with Crippen LogP contribution >= 0.6 is 0 Å². The van der Waals surface area contributed by atoms with Gasteiger partial charge in [0.15, 0.2) is 11.8 Å². The molecule has 1 aromatic carbocycles. The Labute approximate surface area is 221 Å². The molecule has 1 heterocycles. The van der Waals surface area contributed by atoms with E-state index in [4.69, 9.17) is 14.3 Å². The largest absolute Gasteiger partial charge is 0.484 e. The minimum Gasteiger partial charge on any atom is -0.484 e. The Morgan fingerprint density at radius 3 is 2.29 bits per heavy atom. The van der Waals surface area contributed by atoms with E-state index >= 15 is 0 Å². The van der Waals surface area contributed by atoms with E-state index in [1.54, 1.807) is 45.9 Å². The maximum absolute atomic E-state index is 12.9. The summed E-state index contributed by atoms with van der Waals surface area (Å²) >= 11 is 0. The summed E-state index contributed by atoms with van der Waals surface area (Å²) in [5, 5.41) is 6.41. The Hall–Kier alpha value is -4.20. The van der Waals surface area contributed by atoms with E-state index in [1.807, 2.05) is 0 Å². The van der Waals surface area contributed by atoms with Crippen LogP contribution in [-0.4, -0.2) is 64.0 Å². The van der Waals surface area contributed by atoms with Crippen molar-refractivity contribution in [2.75, 3.05) is 32.1 Å². The fourth-order valence-corrected chi connectivity index (χ4v) is 4.07. The Kier molecular flexibility index (Phi) is 11.0. The van der Waals surface area contributed by atoms with E-state index in [2.05, 4.69) is 25.2 Å². The molecule has 0 saturated carbocycles. The molecule has 2 aromatic rings. The molecule has 0 aliphatic heterocycles. The second-order valence-corrected chi connectivity index (χ2v) is 9.63. The topological polar surface area (TPSA) is 162 Å². The van der Waals surface area contributed by atoms with Gasteiger partial charge in [-0.15, -0.1) is 0 Å². The first-order valence-corrected chi connectivity index (χ1v) is 12.9. The van der Waals surface area contributed by atoms with Crippen molar-refractivity contribution >= 4 is 39.4 Å². The number of amides is 1. The molecule has 0 fully saturated rings. The average molecular weight is 549 g/mol. The van der Waals surface area contributed by atoms with Crippen LogP contribution in [0.25, 0.3) is 0 Å². The molecule has 206 valence electrons. The lowest BCUT2D eigenvalue weighted by Crippen LogP contribution is -2.35. The molecule has 0 radical (unpaired) electrons. The van der Waals surface area contributed by atoms with Crippen LogP contribution in [0.5, 0.6) is 0 Å². The van der Waals surface area contributed by atoms with Crippen LogP contribution in [0.1, 0.15) is 25.1 Å². The predicted molar refractivity (Wildman–Crippen MR) is 144 cm³/mol. The Bertz CT molecular complexity index is 1380. The second kappa shape index (κ2) is 13.9. The number of anilines is 1. The molecule has 1 amide bonds. The zero-order valence-corrected chi connectivity index (χ0v) is 23.0. The molecule has 2 N–H and O–H groups in total. The molecular formula is C24H32N6O7S. The molecule has 1 aromatic heterocycles. The number of rotatable bonds is 9. The molecule has 0 atom stereocenters. The maximum atomic E-state index is 12.9. The number of hydrogen-bond acceptors (Lipinski definition) is 8. The number of aromatic nitrogens is 1. The number of aliphatic imine (C=N–C) groups is 2. The quantitative estimate of drug-likeness (QED) is 0.209. The third-order valence-electron chi connectivity index (χ3n) is 5.01. The minimum absolute atomic E-state index is 0.0114. The van der Waals surface area contributed by atoms with Gasteiger partial charge in [-0.2, -0.15) is 9.98 Å². The molecule has 38 heavy (non-hydrogen) atoms. The maximum Gasteiger partial charge on any atom is 0.291 e. The number of ether oxygens (including phenoxy) is 2. The van der Waals surface area contributed by atoms with Crippen molar-refractivity contribution in [1.29, 1.82) is 0 Å².